The number of hydrogen-bond donors (Lipinski definition) is 1. The highest BCUT2D eigenvalue weighted by atomic mass is 16.5. The number of rotatable bonds is 7. The molecule has 0 saturated carbocycles. The molecule has 0 radical (unpaired) electrons. The Balaban J connectivity index is 1.76. The van der Waals surface area contributed by atoms with Gasteiger partial charge >= 0.3 is 0 Å². The van der Waals surface area contributed by atoms with Crippen LogP contribution in [0.5, 0.6) is 5.75 Å². The van der Waals surface area contributed by atoms with Gasteiger partial charge in [0, 0.05) is 5.56 Å². The number of carbonyl (C=O) groups excluding carboxylic acids is 2. The van der Waals surface area contributed by atoms with E-state index in [1.54, 1.807) is 54.6 Å². The molecule has 0 spiro atoms. The molecule has 0 saturated heterocycles. The number of methoxy groups -OCH3 is 1. The molecule has 27 heavy (non-hydrogen) atoms. The van der Waals surface area contributed by atoms with Crippen molar-refractivity contribution in [3.05, 3.63) is 84.3 Å². The maximum absolute atomic E-state index is 12.9. The van der Waals surface area contributed by atoms with Crippen molar-refractivity contribution in [1.29, 1.82) is 0 Å². The Labute approximate surface area is 157 Å². The van der Waals surface area contributed by atoms with Crippen LogP contribution in [0.3, 0.4) is 0 Å². The first-order chi connectivity index (χ1) is 13.2. The Morgan fingerprint density at radius 3 is 2.44 bits per heavy atom. The van der Waals surface area contributed by atoms with Crippen LogP contribution in [0.25, 0.3) is 0 Å². The zero-order valence-electron chi connectivity index (χ0n) is 14.9. The minimum Gasteiger partial charge on any atom is -0.495 e. The molecule has 0 bridgehead atoms. The molecule has 0 atom stereocenters. The van der Waals surface area contributed by atoms with E-state index < -0.39 is 0 Å². The Bertz CT molecular complexity index is 892. The Morgan fingerprint density at radius 2 is 1.74 bits per heavy atom. The predicted molar refractivity (Wildman–Crippen MR) is 102 cm³/mol. The first-order valence-electron chi connectivity index (χ1n) is 8.47. The summed E-state index contributed by atoms with van der Waals surface area (Å²) >= 11 is 0. The summed E-state index contributed by atoms with van der Waals surface area (Å²) in [6, 6.07) is 19.5. The van der Waals surface area contributed by atoms with E-state index in [4.69, 9.17) is 9.15 Å². The minimum atomic E-state index is -0.324. The summed E-state index contributed by atoms with van der Waals surface area (Å²) in [7, 11) is 1.53. The number of anilines is 1. The molecule has 1 N–H and O–H groups in total. The molecular weight excluding hydrogens is 344 g/mol. The quantitative estimate of drug-likeness (QED) is 0.696. The maximum atomic E-state index is 12.9. The van der Waals surface area contributed by atoms with E-state index in [2.05, 4.69) is 5.32 Å². The molecule has 6 heteroatoms. The maximum Gasteiger partial charge on any atom is 0.254 e. The Hall–Kier alpha value is -3.54. The minimum absolute atomic E-state index is 0.119. The molecule has 0 aliphatic rings. The van der Waals surface area contributed by atoms with Gasteiger partial charge in [-0.15, -0.1) is 0 Å². The third-order valence-electron chi connectivity index (χ3n) is 3.95. The number of hydrogen-bond acceptors (Lipinski definition) is 4. The van der Waals surface area contributed by atoms with Gasteiger partial charge in [-0.05, 0) is 36.4 Å². The summed E-state index contributed by atoms with van der Waals surface area (Å²) in [5.74, 6) is 0.583. The van der Waals surface area contributed by atoms with E-state index in [1.165, 1.54) is 18.3 Å². The molecule has 3 aromatic rings. The largest absolute Gasteiger partial charge is 0.495 e. The first kappa shape index (κ1) is 18.3. The van der Waals surface area contributed by atoms with Crippen LogP contribution >= 0.6 is 0 Å². The molecule has 0 aliphatic heterocycles. The fraction of sp³-hybridized carbons (Fsp3) is 0.143. The third-order valence-corrected chi connectivity index (χ3v) is 3.95. The van der Waals surface area contributed by atoms with E-state index in [1.807, 2.05) is 12.1 Å². The van der Waals surface area contributed by atoms with Gasteiger partial charge in [0.1, 0.15) is 18.1 Å². The average molecular weight is 364 g/mol. The summed E-state index contributed by atoms with van der Waals surface area (Å²) in [5, 5.41) is 2.79. The van der Waals surface area contributed by atoms with Crippen molar-refractivity contribution >= 4 is 17.5 Å². The van der Waals surface area contributed by atoms with E-state index >= 15 is 0 Å². The van der Waals surface area contributed by atoms with Gasteiger partial charge in [-0.25, -0.2) is 0 Å². The summed E-state index contributed by atoms with van der Waals surface area (Å²) in [6.07, 6.45) is 1.54. The highest BCUT2D eigenvalue weighted by molar-refractivity contribution is 5.99. The Kier molecular flexibility index (Phi) is 5.89. The lowest BCUT2D eigenvalue weighted by molar-refractivity contribution is -0.117. The molecule has 1 heterocycles. The Morgan fingerprint density at radius 1 is 1.00 bits per heavy atom. The van der Waals surface area contributed by atoms with Gasteiger partial charge in [0.25, 0.3) is 5.91 Å². The lowest BCUT2D eigenvalue weighted by Crippen LogP contribution is -2.37. The second-order valence-corrected chi connectivity index (χ2v) is 5.86. The number of para-hydroxylation sites is 2. The summed E-state index contributed by atoms with van der Waals surface area (Å²) in [4.78, 5) is 26.9. The van der Waals surface area contributed by atoms with E-state index in [9.17, 15) is 9.59 Å². The van der Waals surface area contributed by atoms with Gasteiger partial charge in [0.15, 0.2) is 0 Å². The van der Waals surface area contributed by atoms with Crippen LogP contribution in [0.2, 0.25) is 0 Å². The normalized spacial score (nSPS) is 10.3. The number of furan rings is 1. The van der Waals surface area contributed by atoms with Gasteiger partial charge in [-0.2, -0.15) is 0 Å². The van der Waals surface area contributed by atoms with Crippen molar-refractivity contribution in [3.63, 3.8) is 0 Å². The van der Waals surface area contributed by atoms with Crippen molar-refractivity contribution in [2.75, 3.05) is 19.0 Å². The van der Waals surface area contributed by atoms with Gasteiger partial charge in [0.2, 0.25) is 5.91 Å². The zero-order valence-corrected chi connectivity index (χ0v) is 14.9. The molecule has 0 unspecified atom stereocenters. The molecular formula is C21H20N2O4. The third kappa shape index (κ3) is 4.76. The number of nitrogens with zero attached hydrogens (tertiary/aromatic N) is 1. The van der Waals surface area contributed by atoms with Crippen LogP contribution in [0.1, 0.15) is 16.1 Å². The van der Waals surface area contributed by atoms with Crippen LogP contribution < -0.4 is 10.1 Å². The smallest absolute Gasteiger partial charge is 0.254 e. The summed E-state index contributed by atoms with van der Waals surface area (Å²) in [6.45, 7) is 0.0759. The van der Waals surface area contributed by atoms with E-state index in [0.717, 1.165) is 0 Å². The molecule has 138 valence electrons. The number of nitrogens with one attached hydrogen (secondary N) is 1. The highest BCUT2D eigenvalue weighted by Crippen LogP contribution is 2.23. The molecule has 2 amide bonds. The van der Waals surface area contributed by atoms with Crippen LogP contribution in [-0.2, 0) is 11.3 Å². The van der Waals surface area contributed by atoms with Crippen LogP contribution in [0.15, 0.2) is 77.4 Å². The molecule has 3 rings (SSSR count). The lowest BCUT2D eigenvalue weighted by Gasteiger charge is -2.21. The van der Waals surface area contributed by atoms with Crippen molar-refractivity contribution in [3.8, 4) is 5.75 Å². The van der Waals surface area contributed by atoms with E-state index in [0.29, 0.717) is 22.8 Å². The van der Waals surface area contributed by atoms with Crippen molar-refractivity contribution < 1.29 is 18.7 Å². The standard InChI is InChI=1S/C21H20N2O4/c1-26-19-12-6-5-11-18(19)22-20(24)15-23(14-17-10-7-13-27-17)21(25)16-8-3-2-4-9-16/h2-13H,14-15H2,1H3,(H,22,24). The SMILES string of the molecule is COc1ccccc1NC(=O)CN(Cc1ccco1)C(=O)c1ccccc1. The average Bonchev–Trinajstić information content (AvgIpc) is 3.21. The van der Waals surface area contributed by atoms with Crippen molar-refractivity contribution in [2.45, 2.75) is 6.54 Å². The second-order valence-electron chi connectivity index (χ2n) is 5.86. The number of carbonyl (C=O) groups is 2. The van der Waals surface area contributed by atoms with Crippen molar-refractivity contribution in [2.24, 2.45) is 0 Å². The monoisotopic (exact) mass is 364 g/mol. The van der Waals surface area contributed by atoms with Crippen LogP contribution in [0, 0.1) is 0 Å². The second kappa shape index (κ2) is 8.71. The number of ether oxygens (including phenoxy) is 1. The fourth-order valence-corrected chi connectivity index (χ4v) is 2.66. The first-order valence-corrected chi connectivity index (χ1v) is 8.47. The fourth-order valence-electron chi connectivity index (χ4n) is 2.66. The van der Waals surface area contributed by atoms with Gasteiger partial charge in [-0.1, -0.05) is 30.3 Å². The number of amides is 2. The number of benzene rings is 2. The van der Waals surface area contributed by atoms with Gasteiger partial charge in [0.05, 0.1) is 25.6 Å². The van der Waals surface area contributed by atoms with Crippen LogP contribution in [0.4, 0.5) is 5.69 Å². The highest BCUT2D eigenvalue weighted by Gasteiger charge is 2.20. The predicted octanol–water partition coefficient (Wildman–Crippen LogP) is 3.57. The van der Waals surface area contributed by atoms with Crippen LogP contribution in [-0.4, -0.2) is 30.4 Å². The topological polar surface area (TPSA) is 71.8 Å². The van der Waals surface area contributed by atoms with Crippen molar-refractivity contribution in [1.82, 2.24) is 4.90 Å². The lowest BCUT2D eigenvalue weighted by atomic mass is 10.2. The molecule has 1 aromatic heterocycles. The zero-order chi connectivity index (χ0) is 19.1. The molecule has 6 nitrogen and oxygen atoms in total. The summed E-state index contributed by atoms with van der Waals surface area (Å²) < 4.78 is 10.6. The van der Waals surface area contributed by atoms with Gasteiger partial charge in [-0.3, -0.25) is 9.59 Å². The van der Waals surface area contributed by atoms with E-state index in [-0.39, 0.29) is 24.9 Å². The molecule has 2 aromatic carbocycles. The molecule has 0 fully saturated rings. The summed E-state index contributed by atoms with van der Waals surface area (Å²) in [5.41, 5.74) is 1.06. The van der Waals surface area contributed by atoms with Gasteiger partial charge < -0.3 is 19.4 Å². The molecule has 0 aliphatic carbocycles.